The van der Waals surface area contributed by atoms with Crippen LogP contribution in [0.15, 0.2) is 59.0 Å². The van der Waals surface area contributed by atoms with Crippen molar-refractivity contribution in [3.8, 4) is 11.5 Å². The second-order valence-corrected chi connectivity index (χ2v) is 8.59. The number of aryl methyl sites for hydroxylation is 1. The number of carbonyl (C=O) groups excluding carboxylic acids is 1. The van der Waals surface area contributed by atoms with Crippen molar-refractivity contribution >= 4 is 35.0 Å². The Kier molecular flexibility index (Phi) is 6.65. The Morgan fingerprint density at radius 1 is 1.07 bits per heavy atom. The minimum Gasteiger partial charge on any atom is -0.441 e. The van der Waals surface area contributed by atoms with Gasteiger partial charge in [-0.25, -0.2) is 4.98 Å². The second kappa shape index (κ2) is 9.58. The van der Waals surface area contributed by atoms with Crippen molar-refractivity contribution in [2.24, 2.45) is 0 Å². The van der Waals surface area contributed by atoms with Crippen LogP contribution in [0.1, 0.15) is 11.5 Å². The van der Waals surface area contributed by atoms with E-state index in [2.05, 4.69) is 22.0 Å². The van der Waals surface area contributed by atoms with Gasteiger partial charge in [-0.1, -0.05) is 41.9 Å². The lowest BCUT2D eigenvalue weighted by Gasteiger charge is -2.36. The number of piperazine rings is 1. The summed E-state index contributed by atoms with van der Waals surface area (Å²) >= 11 is 7.81. The largest absolute Gasteiger partial charge is 0.441 e. The first-order chi connectivity index (χ1) is 14.6. The highest BCUT2D eigenvalue weighted by molar-refractivity contribution is 7.99. The van der Waals surface area contributed by atoms with Crippen LogP contribution in [0.25, 0.3) is 11.5 Å². The van der Waals surface area contributed by atoms with E-state index in [1.165, 1.54) is 5.69 Å². The van der Waals surface area contributed by atoms with Gasteiger partial charge in [0.05, 0.1) is 22.0 Å². The Morgan fingerprint density at radius 2 is 1.77 bits per heavy atom. The minimum atomic E-state index is 0.181. The van der Waals surface area contributed by atoms with Gasteiger partial charge >= 0.3 is 0 Å². The standard InChI is InChI=1S/C23H24ClN3O2S/c1-17-21(25-23(29-17)19-9-5-6-10-20(19)24)15-30-16-22(28)27-13-11-26(12-14-27)18-7-3-2-4-8-18/h2-10H,11-16H2,1H3. The lowest BCUT2D eigenvalue weighted by molar-refractivity contribution is -0.128. The molecule has 7 heteroatoms. The third-order valence-corrected chi connectivity index (χ3v) is 6.47. The molecule has 30 heavy (non-hydrogen) atoms. The highest BCUT2D eigenvalue weighted by atomic mass is 35.5. The van der Waals surface area contributed by atoms with Crippen molar-refractivity contribution in [1.82, 2.24) is 9.88 Å². The molecule has 2 heterocycles. The van der Waals surface area contributed by atoms with Gasteiger partial charge in [0.1, 0.15) is 5.76 Å². The lowest BCUT2D eigenvalue weighted by atomic mass is 10.2. The maximum Gasteiger partial charge on any atom is 0.232 e. The van der Waals surface area contributed by atoms with Crippen LogP contribution in [-0.4, -0.2) is 47.7 Å². The Labute approximate surface area is 186 Å². The molecule has 4 rings (SSSR count). The summed E-state index contributed by atoms with van der Waals surface area (Å²) < 4.78 is 5.80. The molecule has 156 valence electrons. The number of benzene rings is 2. The normalized spacial score (nSPS) is 14.2. The number of rotatable bonds is 6. The van der Waals surface area contributed by atoms with E-state index >= 15 is 0 Å². The third kappa shape index (κ3) is 4.82. The highest BCUT2D eigenvalue weighted by Gasteiger charge is 2.21. The van der Waals surface area contributed by atoms with Gasteiger partial charge in [0.15, 0.2) is 0 Å². The van der Waals surface area contributed by atoms with Crippen molar-refractivity contribution in [2.45, 2.75) is 12.7 Å². The highest BCUT2D eigenvalue weighted by Crippen LogP contribution is 2.29. The Balaban J connectivity index is 1.27. The first kappa shape index (κ1) is 20.8. The SMILES string of the molecule is Cc1oc(-c2ccccc2Cl)nc1CSCC(=O)N1CCN(c2ccccc2)CC1. The van der Waals surface area contributed by atoms with Crippen LogP contribution in [0.2, 0.25) is 5.02 Å². The lowest BCUT2D eigenvalue weighted by Crippen LogP contribution is -2.49. The number of para-hydroxylation sites is 1. The van der Waals surface area contributed by atoms with E-state index in [-0.39, 0.29) is 5.91 Å². The number of carbonyl (C=O) groups is 1. The zero-order valence-corrected chi connectivity index (χ0v) is 18.5. The molecule has 0 atom stereocenters. The maximum absolute atomic E-state index is 12.6. The van der Waals surface area contributed by atoms with Crippen LogP contribution in [0, 0.1) is 6.92 Å². The Morgan fingerprint density at radius 3 is 2.50 bits per heavy atom. The summed E-state index contributed by atoms with van der Waals surface area (Å²) in [4.78, 5) is 21.5. The number of nitrogens with zero attached hydrogens (tertiary/aromatic N) is 3. The molecule has 1 aliphatic heterocycles. The fraction of sp³-hybridized carbons (Fsp3) is 0.304. The molecule has 0 unspecified atom stereocenters. The van der Waals surface area contributed by atoms with Crippen LogP contribution >= 0.6 is 23.4 Å². The monoisotopic (exact) mass is 441 g/mol. The number of anilines is 1. The van der Waals surface area contributed by atoms with Gasteiger partial charge in [0, 0.05) is 37.6 Å². The van der Waals surface area contributed by atoms with Crippen molar-refractivity contribution in [3.05, 3.63) is 71.1 Å². The first-order valence-electron chi connectivity index (χ1n) is 9.98. The number of aromatic nitrogens is 1. The predicted octanol–water partition coefficient (Wildman–Crippen LogP) is 4.89. The minimum absolute atomic E-state index is 0.181. The summed E-state index contributed by atoms with van der Waals surface area (Å²) in [7, 11) is 0. The average molecular weight is 442 g/mol. The number of oxazole rings is 1. The summed E-state index contributed by atoms with van der Waals surface area (Å²) in [6, 6.07) is 17.8. The number of amides is 1. The first-order valence-corrected chi connectivity index (χ1v) is 11.5. The third-order valence-electron chi connectivity index (χ3n) is 5.21. The van der Waals surface area contributed by atoms with Crippen LogP contribution in [-0.2, 0) is 10.5 Å². The van der Waals surface area contributed by atoms with E-state index in [9.17, 15) is 4.79 Å². The molecule has 2 aromatic carbocycles. The van der Waals surface area contributed by atoms with E-state index in [0.29, 0.717) is 22.4 Å². The van der Waals surface area contributed by atoms with Crippen LogP contribution in [0.3, 0.4) is 0 Å². The summed E-state index contributed by atoms with van der Waals surface area (Å²) in [5, 5.41) is 0.614. The number of hydrogen-bond acceptors (Lipinski definition) is 5. The molecule has 0 bridgehead atoms. The second-order valence-electron chi connectivity index (χ2n) is 7.20. The fourth-order valence-corrected chi connectivity index (χ4v) is 4.63. The number of hydrogen-bond donors (Lipinski definition) is 0. The molecule has 0 N–H and O–H groups in total. The van der Waals surface area contributed by atoms with Gasteiger partial charge in [0.2, 0.25) is 11.8 Å². The topological polar surface area (TPSA) is 49.6 Å². The van der Waals surface area contributed by atoms with Gasteiger partial charge in [-0.05, 0) is 31.2 Å². The van der Waals surface area contributed by atoms with Crippen molar-refractivity contribution in [2.75, 3.05) is 36.8 Å². The Hall–Kier alpha value is -2.44. The van der Waals surface area contributed by atoms with Gasteiger partial charge in [-0.2, -0.15) is 0 Å². The van der Waals surface area contributed by atoms with Gasteiger partial charge in [-0.15, -0.1) is 11.8 Å². The van der Waals surface area contributed by atoms with Gasteiger partial charge < -0.3 is 14.2 Å². The van der Waals surface area contributed by atoms with E-state index in [1.807, 2.05) is 54.3 Å². The molecule has 0 spiro atoms. The van der Waals surface area contributed by atoms with Crippen LogP contribution in [0.5, 0.6) is 0 Å². The zero-order chi connectivity index (χ0) is 20.9. The van der Waals surface area contributed by atoms with Crippen LogP contribution in [0.4, 0.5) is 5.69 Å². The molecular weight excluding hydrogens is 418 g/mol. The van der Waals surface area contributed by atoms with Crippen LogP contribution < -0.4 is 4.90 Å². The molecule has 5 nitrogen and oxygen atoms in total. The molecule has 1 aliphatic rings. The van der Waals surface area contributed by atoms with E-state index in [1.54, 1.807) is 11.8 Å². The van der Waals surface area contributed by atoms with Crippen molar-refractivity contribution in [1.29, 1.82) is 0 Å². The summed E-state index contributed by atoms with van der Waals surface area (Å²) in [6.45, 7) is 5.14. The fourth-order valence-electron chi connectivity index (χ4n) is 3.49. The molecule has 1 fully saturated rings. The molecule has 0 radical (unpaired) electrons. The quantitative estimate of drug-likeness (QED) is 0.545. The molecule has 0 aliphatic carbocycles. The number of thioether (sulfide) groups is 1. The summed E-state index contributed by atoms with van der Waals surface area (Å²) in [5.74, 6) is 2.55. The van der Waals surface area contributed by atoms with E-state index < -0.39 is 0 Å². The number of halogens is 1. The smallest absolute Gasteiger partial charge is 0.232 e. The van der Waals surface area contributed by atoms with Gasteiger partial charge in [0.25, 0.3) is 0 Å². The molecular formula is C23H24ClN3O2S. The summed E-state index contributed by atoms with van der Waals surface area (Å²) in [6.07, 6.45) is 0. The summed E-state index contributed by atoms with van der Waals surface area (Å²) in [5.41, 5.74) is 2.86. The van der Waals surface area contributed by atoms with Crippen molar-refractivity contribution in [3.63, 3.8) is 0 Å². The molecule has 0 saturated carbocycles. The molecule has 3 aromatic rings. The molecule has 1 amide bonds. The average Bonchev–Trinajstić information content (AvgIpc) is 3.15. The molecule has 1 aromatic heterocycles. The van der Waals surface area contributed by atoms with Gasteiger partial charge in [-0.3, -0.25) is 4.79 Å². The van der Waals surface area contributed by atoms with E-state index in [0.717, 1.165) is 43.2 Å². The van der Waals surface area contributed by atoms with E-state index in [4.69, 9.17) is 16.0 Å². The molecule has 1 saturated heterocycles. The Bertz CT molecular complexity index is 1000. The zero-order valence-electron chi connectivity index (χ0n) is 16.9. The predicted molar refractivity (Wildman–Crippen MR) is 123 cm³/mol. The maximum atomic E-state index is 12.6. The van der Waals surface area contributed by atoms with Crippen molar-refractivity contribution < 1.29 is 9.21 Å².